The molecule has 4 heteroatoms. The molecule has 0 radical (unpaired) electrons. The lowest BCUT2D eigenvalue weighted by molar-refractivity contribution is -0.117. The summed E-state index contributed by atoms with van der Waals surface area (Å²) >= 11 is 2.20. The van der Waals surface area contributed by atoms with Crippen molar-refractivity contribution in [1.82, 2.24) is 5.32 Å². The van der Waals surface area contributed by atoms with Crippen molar-refractivity contribution >= 4 is 28.5 Å². The standard InChI is InChI=1S/C16H24INO2/c1-11(2)8-9-12(3)18-16(19)13-6-5-7-15(20-4)14(17)10-13/h6-7,10-12H,5,8-9H2,1-4H3,(H,18,19)/t12-/m1/s1. The molecule has 0 aliphatic heterocycles. The van der Waals surface area contributed by atoms with E-state index in [9.17, 15) is 4.79 Å². The second kappa shape index (κ2) is 8.49. The van der Waals surface area contributed by atoms with Crippen LogP contribution in [0.3, 0.4) is 0 Å². The molecule has 0 unspecified atom stereocenters. The second-order valence-corrected chi connectivity index (χ2v) is 6.67. The normalized spacial score (nSPS) is 16.8. The van der Waals surface area contributed by atoms with Crippen LogP contribution in [0.25, 0.3) is 0 Å². The quantitative estimate of drug-likeness (QED) is 0.695. The third-order valence-electron chi connectivity index (χ3n) is 3.20. The van der Waals surface area contributed by atoms with Gasteiger partial charge in [-0.05, 0) is 66.8 Å². The molecule has 0 aromatic heterocycles. The van der Waals surface area contributed by atoms with Crippen molar-refractivity contribution in [3.63, 3.8) is 0 Å². The molecule has 0 bridgehead atoms. The van der Waals surface area contributed by atoms with Crippen LogP contribution in [0.1, 0.15) is 40.0 Å². The summed E-state index contributed by atoms with van der Waals surface area (Å²) in [4.78, 5) is 12.3. The first-order valence-corrected chi connectivity index (χ1v) is 8.14. The number of ether oxygens (including phenoxy) is 1. The fourth-order valence-corrected chi connectivity index (χ4v) is 2.73. The predicted molar refractivity (Wildman–Crippen MR) is 91.6 cm³/mol. The molecule has 0 aromatic carbocycles. The van der Waals surface area contributed by atoms with Gasteiger partial charge >= 0.3 is 0 Å². The molecule has 0 aromatic rings. The Kier molecular flexibility index (Phi) is 7.34. The van der Waals surface area contributed by atoms with Gasteiger partial charge in [0, 0.05) is 11.6 Å². The number of carbonyl (C=O) groups excluding carboxylic acids is 1. The number of nitrogens with one attached hydrogen (secondary N) is 1. The largest absolute Gasteiger partial charge is 0.496 e. The maximum Gasteiger partial charge on any atom is 0.251 e. The number of amides is 1. The van der Waals surface area contributed by atoms with E-state index < -0.39 is 0 Å². The summed E-state index contributed by atoms with van der Waals surface area (Å²) in [7, 11) is 1.65. The Bertz CT molecular complexity index is 436. The van der Waals surface area contributed by atoms with Gasteiger partial charge in [-0.3, -0.25) is 4.79 Å². The van der Waals surface area contributed by atoms with Gasteiger partial charge < -0.3 is 10.1 Å². The fourth-order valence-electron chi connectivity index (χ4n) is 1.96. The Morgan fingerprint density at radius 3 is 2.65 bits per heavy atom. The van der Waals surface area contributed by atoms with Crippen LogP contribution < -0.4 is 5.32 Å². The first-order valence-electron chi connectivity index (χ1n) is 7.06. The van der Waals surface area contributed by atoms with Crippen LogP contribution in [-0.4, -0.2) is 19.1 Å². The van der Waals surface area contributed by atoms with Gasteiger partial charge in [-0.1, -0.05) is 19.9 Å². The van der Waals surface area contributed by atoms with Crippen molar-refractivity contribution < 1.29 is 9.53 Å². The van der Waals surface area contributed by atoms with Crippen LogP contribution in [0.15, 0.2) is 33.1 Å². The molecule has 112 valence electrons. The van der Waals surface area contributed by atoms with Gasteiger partial charge in [0.05, 0.1) is 10.7 Å². The summed E-state index contributed by atoms with van der Waals surface area (Å²) in [6.07, 6.45) is 8.67. The fraction of sp³-hybridized carbons (Fsp3) is 0.562. The van der Waals surface area contributed by atoms with Crippen molar-refractivity contribution in [2.75, 3.05) is 7.11 Å². The molecule has 1 atom stereocenters. The smallest absolute Gasteiger partial charge is 0.251 e. The highest BCUT2D eigenvalue weighted by atomic mass is 127. The number of rotatable bonds is 6. The zero-order valence-corrected chi connectivity index (χ0v) is 14.9. The van der Waals surface area contributed by atoms with Gasteiger partial charge in [-0.25, -0.2) is 0 Å². The SMILES string of the molecule is COC1=CCC=C(C(=O)N[C@H](C)CCC(C)C)C=C1I. The Labute approximate surface area is 135 Å². The lowest BCUT2D eigenvalue weighted by atomic mass is 10.0. The molecule has 3 nitrogen and oxygen atoms in total. The molecule has 0 heterocycles. The molecule has 1 N–H and O–H groups in total. The summed E-state index contributed by atoms with van der Waals surface area (Å²) in [5.41, 5.74) is 0.717. The molecule has 20 heavy (non-hydrogen) atoms. The first-order chi connectivity index (χ1) is 9.43. The number of hydrogen-bond donors (Lipinski definition) is 1. The van der Waals surface area contributed by atoms with Crippen LogP contribution in [0.4, 0.5) is 0 Å². The molecule has 0 saturated heterocycles. The topological polar surface area (TPSA) is 38.3 Å². The van der Waals surface area contributed by atoms with Gasteiger partial charge in [0.2, 0.25) is 0 Å². The van der Waals surface area contributed by atoms with Gasteiger partial charge in [0.15, 0.2) is 0 Å². The molecule has 0 spiro atoms. The highest BCUT2D eigenvalue weighted by Crippen LogP contribution is 2.24. The van der Waals surface area contributed by atoms with Crippen LogP contribution in [-0.2, 0) is 9.53 Å². The summed E-state index contributed by atoms with van der Waals surface area (Å²) in [6.45, 7) is 6.46. The number of methoxy groups -OCH3 is 1. The van der Waals surface area contributed by atoms with Crippen molar-refractivity contribution in [2.24, 2.45) is 5.92 Å². The average molecular weight is 389 g/mol. The minimum atomic E-state index is 0.00109. The van der Waals surface area contributed by atoms with Crippen LogP contribution in [0, 0.1) is 5.92 Å². The van der Waals surface area contributed by atoms with E-state index in [-0.39, 0.29) is 11.9 Å². The highest BCUT2D eigenvalue weighted by molar-refractivity contribution is 14.1. The van der Waals surface area contributed by atoms with Crippen molar-refractivity contribution in [1.29, 1.82) is 0 Å². The lowest BCUT2D eigenvalue weighted by Crippen LogP contribution is -2.33. The summed E-state index contributed by atoms with van der Waals surface area (Å²) in [5, 5.41) is 3.07. The molecule has 0 saturated carbocycles. The van der Waals surface area contributed by atoms with Crippen LogP contribution in [0.2, 0.25) is 0 Å². The Morgan fingerprint density at radius 2 is 2.05 bits per heavy atom. The third-order valence-corrected chi connectivity index (χ3v) is 4.04. The monoisotopic (exact) mass is 389 g/mol. The molecule has 1 amide bonds. The Hall–Kier alpha value is -0.780. The molecule has 1 aliphatic carbocycles. The number of halogens is 1. The van der Waals surface area contributed by atoms with E-state index in [1.165, 1.54) is 0 Å². The number of allylic oxidation sites excluding steroid dienone is 3. The average Bonchev–Trinajstić information content (AvgIpc) is 2.57. The van der Waals surface area contributed by atoms with E-state index in [4.69, 9.17) is 4.74 Å². The maximum atomic E-state index is 12.3. The maximum absolute atomic E-state index is 12.3. The summed E-state index contributed by atoms with van der Waals surface area (Å²) in [5.74, 6) is 1.50. The number of carbonyl (C=O) groups is 1. The zero-order chi connectivity index (χ0) is 15.1. The first kappa shape index (κ1) is 17.3. The lowest BCUT2D eigenvalue weighted by Gasteiger charge is -2.15. The Balaban J connectivity index is 2.60. The van der Waals surface area contributed by atoms with Gasteiger partial charge in [-0.2, -0.15) is 0 Å². The second-order valence-electron chi connectivity index (χ2n) is 5.51. The van der Waals surface area contributed by atoms with Gasteiger partial charge in [-0.15, -0.1) is 0 Å². The van der Waals surface area contributed by atoms with Crippen molar-refractivity contribution in [2.45, 2.75) is 46.1 Å². The predicted octanol–water partition coefficient (Wildman–Crippen LogP) is 4.11. The summed E-state index contributed by atoms with van der Waals surface area (Å²) in [6, 6.07) is 0.204. The van der Waals surface area contributed by atoms with E-state index >= 15 is 0 Å². The molecule has 1 rings (SSSR count). The van der Waals surface area contributed by atoms with E-state index in [1.54, 1.807) is 7.11 Å². The zero-order valence-electron chi connectivity index (χ0n) is 12.7. The van der Waals surface area contributed by atoms with Crippen molar-refractivity contribution in [3.8, 4) is 0 Å². The van der Waals surface area contributed by atoms with Crippen LogP contribution >= 0.6 is 22.6 Å². The minimum Gasteiger partial charge on any atom is -0.496 e. The van der Waals surface area contributed by atoms with Gasteiger partial charge in [0.1, 0.15) is 5.76 Å². The Morgan fingerprint density at radius 1 is 1.35 bits per heavy atom. The minimum absolute atomic E-state index is 0.00109. The molecule has 0 fully saturated rings. The van der Waals surface area contributed by atoms with E-state index in [0.717, 1.165) is 28.6 Å². The van der Waals surface area contributed by atoms with Crippen LogP contribution in [0.5, 0.6) is 0 Å². The van der Waals surface area contributed by atoms with E-state index in [2.05, 4.69) is 48.7 Å². The molecule has 1 aliphatic rings. The summed E-state index contributed by atoms with van der Waals surface area (Å²) < 4.78 is 6.23. The van der Waals surface area contributed by atoms with Gasteiger partial charge in [0.25, 0.3) is 5.91 Å². The highest BCUT2D eigenvalue weighted by Gasteiger charge is 2.14. The van der Waals surface area contributed by atoms with Crippen molar-refractivity contribution in [3.05, 3.63) is 33.1 Å². The van der Waals surface area contributed by atoms with E-state index in [1.807, 2.05) is 18.2 Å². The van der Waals surface area contributed by atoms with E-state index in [0.29, 0.717) is 11.5 Å². The third kappa shape index (κ3) is 5.69. The molecular weight excluding hydrogens is 365 g/mol. The number of hydrogen-bond acceptors (Lipinski definition) is 2. The molecular formula is C16H24INO2.